The molecule has 2 atom stereocenters. The Morgan fingerprint density at radius 2 is 2.33 bits per heavy atom. The molecule has 1 rings (SSSR count). The van der Waals surface area contributed by atoms with Crippen molar-refractivity contribution in [2.24, 2.45) is 0 Å². The van der Waals surface area contributed by atoms with E-state index in [2.05, 4.69) is 17.9 Å². The van der Waals surface area contributed by atoms with Crippen molar-refractivity contribution < 1.29 is 9.53 Å². The predicted molar refractivity (Wildman–Crippen MR) is 68.9 cm³/mol. The Labute approximate surface area is 109 Å². The van der Waals surface area contributed by atoms with Crippen LogP contribution in [0.15, 0.2) is 0 Å². The number of morpholine rings is 1. The summed E-state index contributed by atoms with van der Waals surface area (Å²) in [5.41, 5.74) is 0. The lowest BCUT2D eigenvalue weighted by molar-refractivity contribution is -0.135. The molecular formula is C13H23N3O2. The molecule has 0 aromatic heterocycles. The molecule has 102 valence electrons. The molecule has 18 heavy (non-hydrogen) atoms. The van der Waals surface area contributed by atoms with Crippen LogP contribution < -0.4 is 0 Å². The number of rotatable bonds is 5. The minimum Gasteiger partial charge on any atom is -0.376 e. The first-order chi connectivity index (χ1) is 8.58. The van der Waals surface area contributed by atoms with Crippen molar-refractivity contribution in [2.45, 2.75) is 38.8 Å². The molecule has 0 aromatic rings. The summed E-state index contributed by atoms with van der Waals surface area (Å²) in [6.07, 6.45) is 1.56. The van der Waals surface area contributed by atoms with Crippen molar-refractivity contribution in [1.82, 2.24) is 9.80 Å². The van der Waals surface area contributed by atoms with Crippen LogP contribution in [0.2, 0.25) is 0 Å². The zero-order valence-corrected chi connectivity index (χ0v) is 11.6. The van der Waals surface area contributed by atoms with E-state index in [4.69, 9.17) is 10.00 Å². The SMILES string of the molecule is CCC1COC(C)CN1CC(=O)N(C)CCC#N. The van der Waals surface area contributed by atoms with E-state index in [-0.39, 0.29) is 12.0 Å². The fourth-order valence-electron chi connectivity index (χ4n) is 2.12. The van der Waals surface area contributed by atoms with Crippen molar-refractivity contribution in [3.8, 4) is 6.07 Å². The Morgan fingerprint density at radius 3 is 2.94 bits per heavy atom. The summed E-state index contributed by atoms with van der Waals surface area (Å²) in [5.74, 6) is 0.0813. The molecule has 0 aliphatic carbocycles. The number of hydrogen-bond acceptors (Lipinski definition) is 4. The number of amides is 1. The van der Waals surface area contributed by atoms with Crippen LogP contribution in [-0.4, -0.2) is 61.1 Å². The molecule has 1 saturated heterocycles. The van der Waals surface area contributed by atoms with E-state index in [1.165, 1.54) is 0 Å². The minimum atomic E-state index is 0.0813. The molecule has 1 amide bonds. The summed E-state index contributed by atoms with van der Waals surface area (Å²) >= 11 is 0. The van der Waals surface area contributed by atoms with Gasteiger partial charge in [0.1, 0.15) is 0 Å². The first kappa shape index (κ1) is 14.9. The smallest absolute Gasteiger partial charge is 0.236 e. The molecule has 0 saturated carbocycles. The van der Waals surface area contributed by atoms with Gasteiger partial charge >= 0.3 is 0 Å². The second kappa shape index (κ2) is 7.34. The summed E-state index contributed by atoms with van der Waals surface area (Å²) < 4.78 is 5.61. The van der Waals surface area contributed by atoms with Crippen LogP contribution in [0.25, 0.3) is 0 Å². The quantitative estimate of drug-likeness (QED) is 0.729. The fourth-order valence-corrected chi connectivity index (χ4v) is 2.12. The zero-order valence-electron chi connectivity index (χ0n) is 11.6. The zero-order chi connectivity index (χ0) is 13.5. The Balaban J connectivity index is 2.48. The molecule has 1 fully saturated rings. The van der Waals surface area contributed by atoms with Gasteiger partial charge in [0.05, 0.1) is 31.7 Å². The topological polar surface area (TPSA) is 56.6 Å². The van der Waals surface area contributed by atoms with E-state index in [1.54, 1.807) is 11.9 Å². The van der Waals surface area contributed by atoms with Gasteiger partial charge in [-0.3, -0.25) is 9.69 Å². The number of hydrogen-bond donors (Lipinski definition) is 0. The van der Waals surface area contributed by atoms with E-state index in [0.717, 1.165) is 13.0 Å². The van der Waals surface area contributed by atoms with Gasteiger partial charge in [-0.05, 0) is 13.3 Å². The van der Waals surface area contributed by atoms with Crippen molar-refractivity contribution in [1.29, 1.82) is 5.26 Å². The average molecular weight is 253 g/mol. The second-order valence-electron chi connectivity index (χ2n) is 4.86. The van der Waals surface area contributed by atoms with Gasteiger partial charge < -0.3 is 9.64 Å². The molecule has 5 heteroatoms. The summed E-state index contributed by atoms with van der Waals surface area (Å²) in [5, 5.41) is 8.52. The monoisotopic (exact) mass is 253 g/mol. The standard InChI is InChI=1S/C13H23N3O2/c1-4-12-10-18-11(2)8-16(12)9-13(17)15(3)7-5-6-14/h11-12H,4-5,7-10H2,1-3H3. The maximum Gasteiger partial charge on any atom is 0.236 e. The van der Waals surface area contributed by atoms with E-state index >= 15 is 0 Å². The molecule has 0 bridgehead atoms. The third-order valence-electron chi connectivity index (χ3n) is 3.38. The highest BCUT2D eigenvalue weighted by Gasteiger charge is 2.27. The molecule has 0 aromatic carbocycles. The maximum atomic E-state index is 12.0. The number of carbonyl (C=O) groups excluding carboxylic acids is 1. The Kier molecular flexibility index (Phi) is 6.10. The van der Waals surface area contributed by atoms with Gasteiger partial charge in [-0.1, -0.05) is 6.92 Å². The van der Waals surface area contributed by atoms with Crippen LogP contribution >= 0.6 is 0 Å². The first-order valence-corrected chi connectivity index (χ1v) is 6.55. The number of likely N-dealkylation sites (N-methyl/N-ethyl adjacent to an activating group) is 1. The average Bonchev–Trinajstić information content (AvgIpc) is 2.36. The lowest BCUT2D eigenvalue weighted by Crippen LogP contribution is -2.52. The van der Waals surface area contributed by atoms with E-state index in [0.29, 0.717) is 32.2 Å². The lowest BCUT2D eigenvalue weighted by atomic mass is 10.1. The Morgan fingerprint density at radius 1 is 1.61 bits per heavy atom. The van der Waals surface area contributed by atoms with Gasteiger partial charge in [0.15, 0.2) is 0 Å². The van der Waals surface area contributed by atoms with Crippen molar-refractivity contribution in [3.05, 3.63) is 0 Å². The van der Waals surface area contributed by atoms with Crippen LogP contribution in [0.4, 0.5) is 0 Å². The molecule has 0 spiro atoms. The number of nitrogens with zero attached hydrogens (tertiary/aromatic N) is 3. The minimum absolute atomic E-state index is 0.0813. The molecule has 1 heterocycles. The first-order valence-electron chi connectivity index (χ1n) is 6.55. The molecular weight excluding hydrogens is 230 g/mol. The van der Waals surface area contributed by atoms with E-state index in [9.17, 15) is 4.79 Å². The summed E-state index contributed by atoms with van der Waals surface area (Å²) in [6.45, 7) is 6.58. The highest BCUT2D eigenvalue weighted by molar-refractivity contribution is 5.78. The van der Waals surface area contributed by atoms with Gasteiger partial charge in [0.2, 0.25) is 5.91 Å². The van der Waals surface area contributed by atoms with E-state index in [1.807, 2.05) is 6.92 Å². The van der Waals surface area contributed by atoms with Crippen molar-refractivity contribution in [3.63, 3.8) is 0 Å². The summed E-state index contributed by atoms with van der Waals surface area (Å²) in [7, 11) is 1.75. The molecule has 0 radical (unpaired) electrons. The Hall–Kier alpha value is -1.12. The molecule has 1 aliphatic heterocycles. The van der Waals surface area contributed by atoms with Crippen LogP contribution in [0, 0.1) is 11.3 Å². The highest BCUT2D eigenvalue weighted by Crippen LogP contribution is 2.14. The normalized spacial score (nSPS) is 24.6. The third kappa shape index (κ3) is 4.28. The van der Waals surface area contributed by atoms with Crippen LogP contribution in [-0.2, 0) is 9.53 Å². The summed E-state index contributed by atoms with van der Waals surface area (Å²) in [6, 6.07) is 2.38. The molecule has 1 aliphatic rings. The van der Waals surface area contributed by atoms with Gasteiger partial charge in [-0.15, -0.1) is 0 Å². The van der Waals surface area contributed by atoms with Gasteiger partial charge in [-0.25, -0.2) is 0 Å². The lowest BCUT2D eigenvalue weighted by Gasteiger charge is -2.38. The number of ether oxygens (including phenoxy) is 1. The third-order valence-corrected chi connectivity index (χ3v) is 3.38. The number of carbonyl (C=O) groups is 1. The molecule has 2 unspecified atom stereocenters. The summed E-state index contributed by atoms with van der Waals surface area (Å²) in [4.78, 5) is 15.8. The second-order valence-corrected chi connectivity index (χ2v) is 4.86. The number of nitriles is 1. The van der Waals surface area contributed by atoms with Crippen molar-refractivity contribution >= 4 is 5.91 Å². The fraction of sp³-hybridized carbons (Fsp3) is 0.846. The van der Waals surface area contributed by atoms with Crippen LogP contribution in [0.5, 0.6) is 0 Å². The van der Waals surface area contributed by atoms with Crippen LogP contribution in [0.3, 0.4) is 0 Å². The van der Waals surface area contributed by atoms with Gasteiger partial charge in [-0.2, -0.15) is 5.26 Å². The van der Waals surface area contributed by atoms with E-state index < -0.39 is 0 Å². The Bertz CT molecular complexity index is 314. The largest absolute Gasteiger partial charge is 0.376 e. The highest BCUT2D eigenvalue weighted by atomic mass is 16.5. The van der Waals surface area contributed by atoms with Gasteiger partial charge in [0.25, 0.3) is 0 Å². The molecule has 0 N–H and O–H groups in total. The predicted octanol–water partition coefficient (Wildman–Crippen LogP) is 0.858. The molecule has 5 nitrogen and oxygen atoms in total. The van der Waals surface area contributed by atoms with Crippen molar-refractivity contribution in [2.75, 3.05) is 33.3 Å². The maximum absolute atomic E-state index is 12.0. The van der Waals surface area contributed by atoms with Crippen LogP contribution in [0.1, 0.15) is 26.7 Å². The van der Waals surface area contributed by atoms with Gasteiger partial charge in [0, 0.05) is 26.2 Å².